The first kappa shape index (κ1) is 22.7. The molecule has 2 aromatic rings. The van der Waals surface area contributed by atoms with Crippen LogP contribution >= 0.6 is 23.2 Å². The maximum absolute atomic E-state index is 13.1. The normalized spacial score (nSPS) is 17.4. The third-order valence-electron chi connectivity index (χ3n) is 4.93. The van der Waals surface area contributed by atoms with Gasteiger partial charge in [0.1, 0.15) is 16.4 Å². The number of anilines is 1. The van der Waals surface area contributed by atoms with Crippen molar-refractivity contribution in [3.8, 4) is 11.5 Å². The molecule has 7 nitrogen and oxygen atoms in total. The minimum atomic E-state index is -3.89. The van der Waals surface area contributed by atoms with Crippen molar-refractivity contribution < 1.29 is 22.7 Å². The Hall–Kier alpha value is -2.00. The van der Waals surface area contributed by atoms with Crippen LogP contribution < -0.4 is 14.8 Å². The van der Waals surface area contributed by atoms with E-state index in [0.717, 1.165) is 0 Å². The molecule has 162 valence electrons. The molecule has 0 aromatic heterocycles. The van der Waals surface area contributed by atoms with Crippen LogP contribution in [0.5, 0.6) is 11.5 Å². The second-order valence-electron chi connectivity index (χ2n) is 6.83. The number of hydrogen-bond donors (Lipinski definition) is 1. The van der Waals surface area contributed by atoms with Crippen LogP contribution in [0.4, 0.5) is 5.69 Å². The Labute approximate surface area is 185 Å². The van der Waals surface area contributed by atoms with Gasteiger partial charge in [-0.15, -0.1) is 0 Å². The number of rotatable bonds is 6. The summed E-state index contributed by atoms with van der Waals surface area (Å²) < 4.78 is 37.9. The van der Waals surface area contributed by atoms with Gasteiger partial charge in [-0.2, -0.15) is 4.31 Å². The highest BCUT2D eigenvalue weighted by Gasteiger charge is 2.34. The standard InChI is InChI=1S/C20H22Cl2N2O5S/c1-28-15-6-8-18(29-2)17(11-15)23-20(25)13-4-3-9-24(12-13)30(26,27)19-10-14(21)5-7-16(19)22/h5-8,10-11,13H,3-4,9,12H2,1-2H3,(H,23,25)/t13-/m0/s1. The van der Waals surface area contributed by atoms with Gasteiger partial charge in [-0.25, -0.2) is 8.42 Å². The summed E-state index contributed by atoms with van der Waals surface area (Å²) in [5.74, 6) is 0.228. The van der Waals surface area contributed by atoms with E-state index in [1.807, 2.05) is 0 Å². The van der Waals surface area contributed by atoms with E-state index in [1.54, 1.807) is 18.2 Å². The molecule has 0 unspecified atom stereocenters. The molecular formula is C20H22Cl2N2O5S. The largest absolute Gasteiger partial charge is 0.497 e. The first-order valence-corrected chi connectivity index (χ1v) is 11.4. The zero-order chi connectivity index (χ0) is 21.9. The summed E-state index contributed by atoms with van der Waals surface area (Å²) in [6.45, 7) is 0.348. The van der Waals surface area contributed by atoms with Crippen molar-refractivity contribution in [3.63, 3.8) is 0 Å². The number of piperidine rings is 1. The number of carbonyl (C=O) groups excluding carboxylic acids is 1. The summed E-state index contributed by atoms with van der Waals surface area (Å²) in [6, 6.07) is 9.35. The second kappa shape index (κ2) is 9.43. The van der Waals surface area contributed by atoms with Gasteiger partial charge in [0, 0.05) is 24.2 Å². The van der Waals surface area contributed by atoms with Crippen LogP contribution in [0, 0.1) is 5.92 Å². The molecule has 1 amide bonds. The SMILES string of the molecule is COc1ccc(OC)c(NC(=O)[C@H]2CCCN(S(=O)(=O)c3cc(Cl)ccc3Cl)C2)c1. The van der Waals surface area contributed by atoms with Crippen molar-refractivity contribution >= 4 is 44.8 Å². The molecule has 10 heteroatoms. The van der Waals surface area contributed by atoms with Crippen LogP contribution in [0.3, 0.4) is 0 Å². The summed E-state index contributed by atoms with van der Waals surface area (Å²) in [4.78, 5) is 12.8. The maximum atomic E-state index is 13.1. The van der Waals surface area contributed by atoms with Gasteiger partial charge < -0.3 is 14.8 Å². The molecule has 1 N–H and O–H groups in total. The molecular weight excluding hydrogens is 451 g/mol. The number of benzene rings is 2. The quantitative estimate of drug-likeness (QED) is 0.685. The summed E-state index contributed by atoms with van der Waals surface area (Å²) in [5, 5.41) is 3.19. The number of hydrogen-bond acceptors (Lipinski definition) is 5. The van der Waals surface area contributed by atoms with Crippen LogP contribution in [0.1, 0.15) is 12.8 Å². The van der Waals surface area contributed by atoms with Crippen molar-refractivity contribution in [3.05, 3.63) is 46.4 Å². The van der Waals surface area contributed by atoms with Crippen molar-refractivity contribution in [2.45, 2.75) is 17.7 Å². The number of sulfonamides is 1. The van der Waals surface area contributed by atoms with Crippen molar-refractivity contribution in [2.75, 3.05) is 32.6 Å². The van der Waals surface area contributed by atoms with Gasteiger partial charge >= 0.3 is 0 Å². The third-order valence-corrected chi connectivity index (χ3v) is 7.51. The number of amides is 1. The monoisotopic (exact) mass is 472 g/mol. The lowest BCUT2D eigenvalue weighted by atomic mass is 9.98. The summed E-state index contributed by atoms with van der Waals surface area (Å²) in [6.07, 6.45) is 1.11. The summed E-state index contributed by atoms with van der Waals surface area (Å²) in [7, 11) is -0.859. The van der Waals surface area contributed by atoms with Gasteiger partial charge in [0.2, 0.25) is 15.9 Å². The van der Waals surface area contributed by atoms with Gasteiger partial charge in [0.05, 0.1) is 30.8 Å². The van der Waals surface area contributed by atoms with E-state index in [-0.39, 0.29) is 27.4 Å². The fourth-order valence-electron chi connectivity index (χ4n) is 3.34. The number of nitrogens with zero attached hydrogens (tertiary/aromatic N) is 1. The zero-order valence-electron chi connectivity index (χ0n) is 16.5. The number of ether oxygens (including phenoxy) is 2. The van der Waals surface area contributed by atoms with Crippen LogP contribution in [-0.2, 0) is 14.8 Å². The lowest BCUT2D eigenvalue weighted by molar-refractivity contribution is -0.120. The maximum Gasteiger partial charge on any atom is 0.244 e. The predicted octanol–water partition coefficient (Wildman–Crippen LogP) is 4.05. The molecule has 30 heavy (non-hydrogen) atoms. The number of halogens is 2. The molecule has 1 aliphatic rings. The van der Waals surface area contributed by atoms with Gasteiger partial charge in [-0.3, -0.25) is 4.79 Å². The molecule has 2 aromatic carbocycles. The predicted molar refractivity (Wildman–Crippen MR) is 116 cm³/mol. The van der Waals surface area contributed by atoms with E-state index in [9.17, 15) is 13.2 Å². The third kappa shape index (κ3) is 4.83. The molecule has 1 atom stereocenters. The van der Waals surface area contributed by atoms with Crippen molar-refractivity contribution in [2.24, 2.45) is 5.92 Å². The molecule has 0 radical (unpaired) electrons. The van der Waals surface area contributed by atoms with E-state index in [0.29, 0.717) is 36.6 Å². The summed E-state index contributed by atoms with van der Waals surface area (Å²) >= 11 is 12.1. The second-order valence-corrected chi connectivity index (χ2v) is 9.58. The Morgan fingerprint density at radius 3 is 2.60 bits per heavy atom. The smallest absolute Gasteiger partial charge is 0.244 e. The Bertz CT molecular complexity index is 1050. The molecule has 1 saturated heterocycles. The number of carbonyl (C=O) groups is 1. The van der Waals surface area contributed by atoms with Gasteiger partial charge in [0.15, 0.2) is 0 Å². The topological polar surface area (TPSA) is 84.9 Å². The van der Waals surface area contributed by atoms with Crippen LogP contribution in [0.15, 0.2) is 41.3 Å². The molecule has 3 rings (SSSR count). The van der Waals surface area contributed by atoms with Crippen LogP contribution in [0.25, 0.3) is 0 Å². The van der Waals surface area contributed by atoms with Crippen molar-refractivity contribution in [1.29, 1.82) is 0 Å². The van der Waals surface area contributed by atoms with E-state index < -0.39 is 15.9 Å². The highest BCUT2D eigenvalue weighted by molar-refractivity contribution is 7.89. The van der Waals surface area contributed by atoms with E-state index in [2.05, 4.69) is 5.32 Å². The highest BCUT2D eigenvalue weighted by Crippen LogP contribution is 2.32. The average molecular weight is 473 g/mol. The van der Waals surface area contributed by atoms with Crippen LogP contribution in [0.2, 0.25) is 10.0 Å². The lowest BCUT2D eigenvalue weighted by Gasteiger charge is -2.31. The van der Waals surface area contributed by atoms with Crippen LogP contribution in [-0.4, -0.2) is 45.9 Å². The minimum absolute atomic E-state index is 0.0449. The fourth-order valence-corrected chi connectivity index (χ4v) is 5.60. The Balaban J connectivity index is 1.79. The molecule has 1 heterocycles. The molecule has 1 aliphatic heterocycles. The molecule has 0 spiro atoms. The van der Waals surface area contributed by atoms with E-state index in [1.165, 1.54) is 36.7 Å². The molecule has 0 aliphatic carbocycles. The zero-order valence-corrected chi connectivity index (χ0v) is 18.9. The van der Waals surface area contributed by atoms with Gasteiger partial charge in [-0.1, -0.05) is 23.2 Å². The molecule has 1 fully saturated rings. The number of nitrogens with one attached hydrogen (secondary N) is 1. The summed E-state index contributed by atoms with van der Waals surface area (Å²) in [5.41, 5.74) is 0.458. The minimum Gasteiger partial charge on any atom is -0.497 e. The van der Waals surface area contributed by atoms with Gasteiger partial charge in [-0.05, 0) is 43.2 Å². The van der Waals surface area contributed by atoms with E-state index >= 15 is 0 Å². The Kier molecular flexibility index (Phi) is 7.13. The van der Waals surface area contributed by atoms with Gasteiger partial charge in [0.25, 0.3) is 0 Å². The fraction of sp³-hybridized carbons (Fsp3) is 0.350. The lowest BCUT2D eigenvalue weighted by Crippen LogP contribution is -2.43. The highest BCUT2D eigenvalue weighted by atomic mass is 35.5. The first-order valence-electron chi connectivity index (χ1n) is 9.24. The first-order chi connectivity index (χ1) is 14.3. The molecule has 0 saturated carbocycles. The van der Waals surface area contributed by atoms with Crippen molar-refractivity contribution in [1.82, 2.24) is 4.31 Å². The molecule has 0 bridgehead atoms. The average Bonchev–Trinajstić information content (AvgIpc) is 2.75. The number of methoxy groups -OCH3 is 2. The Morgan fingerprint density at radius 2 is 1.90 bits per heavy atom. The Morgan fingerprint density at radius 1 is 1.13 bits per heavy atom. The van der Waals surface area contributed by atoms with E-state index in [4.69, 9.17) is 32.7 Å².